The van der Waals surface area contributed by atoms with E-state index in [0.717, 1.165) is 66.9 Å². The maximum absolute atomic E-state index is 15.3. The van der Waals surface area contributed by atoms with Gasteiger partial charge in [-0.1, -0.05) is 103 Å². The summed E-state index contributed by atoms with van der Waals surface area (Å²) in [6.45, 7) is 17.0. The van der Waals surface area contributed by atoms with E-state index < -0.39 is 11.6 Å². The fourth-order valence-corrected chi connectivity index (χ4v) is 9.06. The summed E-state index contributed by atoms with van der Waals surface area (Å²) in [7, 11) is 0. The molecule has 0 radical (unpaired) electrons. The summed E-state index contributed by atoms with van der Waals surface area (Å²) in [6, 6.07) is 49.9. The van der Waals surface area contributed by atoms with E-state index >= 15 is 8.78 Å². The fourth-order valence-electron chi connectivity index (χ4n) is 9.06. The molecule has 0 saturated carbocycles. The number of benzene rings is 7. The smallest absolute Gasteiger partial charge is 0.135 e. The minimum atomic E-state index is -0.603. The summed E-state index contributed by atoms with van der Waals surface area (Å²) in [5.74, 6) is 0.173. The van der Waals surface area contributed by atoms with Crippen LogP contribution in [0.25, 0.3) is 49.9 Å². The van der Waals surface area contributed by atoms with E-state index in [1.807, 2.05) is 67.5 Å². The van der Waals surface area contributed by atoms with Crippen LogP contribution in [0.1, 0.15) is 77.0 Å². The van der Waals surface area contributed by atoms with E-state index in [4.69, 9.17) is 9.72 Å². The summed E-state index contributed by atoms with van der Waals surface area (Å²) >= 11 is 0. The third kappa shape index (κ3) is 8.42. The Bertz CT molecular complexity index is 3270. The molecule has 0 fully saturated rings. The number of aromatic nitrogens is 2. The van der Waals surface area contributed by atoms with Crippen LogP contribution in [0.4, 0.5) is 35.9 Å². The van der Waals surface area contributed by atoms with Crippen LogP contribution in [0, 0.1) is 36.3 Å². The van der Waals surface area contributed by atoms with E-state index in [-0.39, 0.29) is 49.7 Å². The predicted octanol–water partition coefficient (Wildman–Crippen LogP) is 16.3. The van der Waals surface area contributed by atoms with E-state index in [1.165, 1.54) is 35.9 Å². The Labute approximate surface area is 404 Å². The van der Waals surface area contributed by atoms with Crippen LogP contribution < -0.4 is 14.5 Å². The molecule has 0 N–H and O–H groups in total. The molecule has 67 heavy (non-hydrogen) atoms. The number of halogens is 3. The Morgan fingerprint density at radius 2 is 1.27 bits per heavy atom. The molecule has 0 unspecified atom stereocenters. The van der Waals surface area contributed by atoms with Crippen molar-refractivity contribution in [1.82, 2.24) is 9.55 Å². The normalized spacial score (nSPS) is 12.7. The molecule has 7 aromatic carbocycles. The molecule has 0 spiro atoms. The Kier molecular flexibility index (Phi) is 12.1. The minimum absolute atomic E-state index is 0. The topological polar surface area (TPSA) is 33.5 Å². The van der Waals surface area contributed by atoms with Crippen LogP contribution in [0.15, 0.2) is 146 Å². The summed E-state index contributed by atoms with van der Waals surface area (Å²) in [4.78, 5) is 9.09. The molecule has 1 aliphatic rings. The molecule has 1 aliphatic heterocycles. The Balaban J connectivity index is 0.00000562. The number of para-hydroxylation sites is 3. The second-order valence-corrected chi connectivity index (χ2v) is 18.6. The van der Waals surface area contributed by atoms with Gasteiger partial charge in [0.15, 0.2) is 0 Å². The number of hydrogen-bond donors (Lipinski definition) is 0. The van der Waals surface area contributed by atoms with E-state index in [2.05, 4.69) is 117 Å². The zero-order valence-electron chi connectivity index (χ0n) is 38.2. The summed E-state index contributed by atoms with van der Waals surface area (Å²) in [5, 5.41) is 2.09. The molecule has 0 atom stereocenters. The van der Waals surface area contributed by atoms with E-state index in [9.17, 15) is 4.39 Å². The zero-order chi connectivity index (χ0) is 46.0. The number of ether oxygens (including phenoxy) is 1. The van der Waals surface area contributed by atoms with Crippen molar-refractivity contribution in [2.45, 2.75) is 65.7 Å². The first-order valence-corrected chi connectivity index (χ1v) is 22.3. The van der Waals surface area contributed by atoms with Gasteiger partial charge in [-0.3, -0.25) is 0 Å². The number of fused-ring (bicyclic) bond motifs is 4. The molecule has 5 nitrogen and oxygen atoms in total. The quantitative estimate of drug-likeness (QED) is 0.135. The van der Waals surface area contributed by atoms with Gasteiger partial charge >= 0.3 is 0 Å². The summed E-state index contributed by atoms with van der Waals surface area (Å²) < 4.78 is 53.9. The van der Waals surface area contributed by atoms with Gasteiger partial charge in [-0.15, -0.1) is 53.6 Å². The minimum Gasteiger partial charge on any atom is -0.509 e. The van der Waals surface area contributed by atoms with Crippen molar-refractivity contribution in [1.29, 1.82) is 0 Å². The van der Waals surface area contributed by atoms with Gasteiger partial charge in [0.05, 0.1) is 5.56 Å². The van der Waals surface area contributed by atoms with Crippen LogP contribution in [0.2, 0.25) is 0 Å². The maximum atomic E-state index is 15.3. The molecule has 0 aliphatic carbocycles. The maximum Gasteiger partial charge on any atom is 0.135 e. The van der Waals surface area contributed by atoms with Crippen LogP contribution >= 0.6 is 0 Å². The molecular formula is C58H48F3N4OPt-3. The van der Waals surface area contributed by atoms with Gasteiger partial charge < -0.3 is 19.1 Å². The Hall–Kier alpha value is -6.63. The SMILES string of the molecule is CC(C)c1cc(-c2c(F)cccc2F)cc(C(C)C)c1N1[CH-]N(c2[c-]c(Oc3[c-]c4c(cc3)c3ccccc3n4-c3cc(C(C)(C)C)ccn3)cc(-c3ccc(F)cc3)c2)c2ccccc21.[Pt]. The molecule has 9 aromatic rings. The number of hydrogen-bond acceptors (Lipinski definition) is 4. The van der Waals surface area contributed by atoms with Gasteiger partial charge in [-0.05, 0) is 117 Å². The van der Waals surface area contributed by atoms with Gasteiger partial charge in [0.2, 0.25) is 0 Å². The van der Waals surface area contributed by atoms with Crippen LogP contribution in [0.5, 0.6) is 11.5 Å². The first-order chi connectivity index (χ1) is 31.7. The van der Waals surface area contributed by atoms with Gasteiger partial charge in [-0.25, -0.2) is 18.2 Å². The first-order valence-electron chi connectivity index (χ1n) is 22.3. The molecule has 340 valence electrons. The van der Waals surface area contributed by atoms with Crippen LogP contribution in [0.3, 0.4) is 0 Å². The van der Waals surface area contributed by atoms with Crippen LogP contribution in [-0.4, -0.2) is 9.55 Å². The molecule has 0 saturated heterocycles. The number of anilines is 4. The van der Waals surface area contributed by atoms with Gasteiger partial charge in [-0.2, -0.15) is 6.07 Å². The number of rotatable bonds is 9. The second-order valence-electron chi connectivity index (χ2n) is 18.6. The van der Waals surface area contributed by atoms with Crippen molar-refractivity contribution >= 4 is 44.6 Å². The van der Waals surface area contributed by atoms with Gasteiger partial charge in [0.25, 0.3) is 0 Å². The van der Waals surface area contributed by atoms with Crippen molar-refractivity contribution in [2.75, 3.05) is 9.80 Å². The molecule has 0 amide bonds. The molecule has 0 bridgehead atoms. The van der Waals surface area contributed by atoms with Crippen LogP contribution in [-0.2, 0) is 26.5 Å². The van der Waals surface area contributed by atoms with E-state index in [0.29, 0.717) is 22.7 Å². The fraction of sp³-hybridized carbons (Fsp3) is 0.172. The molecule has 10 rings (SSSR count). The van der Waals surface area contributed by atoms with Crippen molar-refractivity contribution < 1.29 is 39.0 Å². The standard InChI is InChI=1S/C58H48F3N4O.Pt/c1-35(2)47-29-39(56-49(60)14-12-15-50(56)61)30-48(36(3)4)57(47)64-34-63(52-17-10-11-18-53(52)64)42-27-38(37-19-21-41(59)22-20-37)28-44(32-42)66-43-23-24-46-45-13-8-9-16-51(45)65(54(46)33-43)55-31-40(25-26-62-55)58(5,6)7;/h8-31,34-36H,1-7H3;/q-3;. The average molecular weight is 1070 g/mol. The number of nitrogens with zero attached hydrogens (tertiary/aromatic N) is 4. The third-order valence-electron chi connectivity index (χ3n) is 12.4. The van der Waals surface area contributed by atoms with Gasteiger partial charge in [0.1, 0.15) is 23.3 Å². The largest absolute Gasteiger partial charge is 0.509 e. The monoisotopic (exact) mass is 1070 g/mol. The summed E-state index contributed by atoms with van der Waals surface area (Å²) in [5.41, 5.74) is 10.3. The Morgan fingerprint density at radius 1 is 0.612 bits per heavy atom. The van der Waals surface area contributed by atoms with Crippen molar-refractivity contribution in [3.05, 3.63) is 199 Å². The second kappa shape index (κ2) is 17.9. The molecular weight excluding hydrogens is 1020 g/mol. The van der Waals surface area contributed by atoms with Crippen molar-refractivity contribution in [3.63, 3.8) is 0 Å². The van der Waals surface area contributed by atoms with Crippen molar-refractivity contribution in [2.24, 2.45) is 0 Å². The molecule has 3 heterocycles. The molecule has 2 aromatic heterocycles. The zero-order valence-corrected chi connectivity index (χ0v) is 40.5. The molecule has 9 heteroatoms. The third-order valence-corrected chi connectivity index (χ3v) is 12.4. The average Bonchev–Trinajstić information content (AvgIpc) is 3.84. The van der Waals surface area contributed by atoms with Gasteiger partial charge in [0, 0.05) is 61.3 Å². The predicted molar refractivity (Wildman–Crippen MR) is 262 cm³/mol. The Morgan fingerprint density at radius 3 is 1.94 bits per heavy atom. The first kappa shape index (κ1) is 45.5. The van der Waals surface area contributed by atoms with E-state index in [1.54, 1.807) is 12.1 Å². The number of pyridine rings is 1. The summed E-state index contributed by atoms with van der Waals surface area (Å²) in [6.07, 6.45) is 1.86. The van der Waals surface area contributed by atoms with Crippen molar-refractivity contribution in [3.8, 4) is 39.6 Å².